The van der Waals surface area contributed by atoms with Crippen molar-refractivity contribution in [2.45, 2.75) is 19.4 Å². The molecule has 0 radical (unpaired) electrons. The summed E-state index contributed by atoms with van der Waals surface area (Å²) in [6.07, 6.45) is 0.890. The van der Waals surface area contributed by atoms with Crippen molar-refractivity contribution in [2.24, 2.45) is 0 Å². The van der Waals surface area contributed by atoms with Crippen molar-refractivity contribution in [3.8, 4) is 0 Å². The molecule has 1 aromatic rings. The van der Waals surface area contributed by atoms with Crippen LogP contribution >= 0.6 is 23.2 Å². The number of halogens is 2. The third-order valence-corrected chi connectivity index (χ3v) is 4.01. The van der Waals surface area contributed by atoms with Crippen LogP contribution in [0.15, 0.2) is 18.2 Å². The largest absolute Gasteiger partial charge is 0.376 e. The lowest BCUT2D eigenvalue weighted by atomic mass is 10.1. The van der Waals surface area contributed by atoms with E-state index in [1.54, 1.807) is 12.1 Å². The van der Waals surface area contributed by atoms with Crippen molar-refractivity contribution in [3.63, 3.8) is 0 Å². The summed E-state index contributed by atoms with van der Waals surface area (Å²) in [6, 6.07) is 5.41. The van der Waals surface area contributed by atoms with E-state index in [0.29, 0.717) is 36.2 Å². The third-order valence-electron chi connectivity index (χ3n) is 3.42. The molecule has 6 heteroatoms. The molecule has 1 aliphatic rings. The van der Waals surface area contributed by atoms with Crippen LogP contribution in [0, 0.1) is 0 Å². The minimum absolute atomic E-state index is 0.0363. The second-order valence-corrected chi connectivity index (χ2v) is 6.10. The van der Waals surface area contributed by atoms with E-state index >= 15 is 0 Å². The van der Waals surface area contributed by atoms with Crippen LogP contribution in [-0.2, 0) is 16.0 Å². The highest BCUT2D eigenvalue weighted by Gasteiger charge is 2.18. The van der Waals surface area contributed by atoms with Crippen LogP contribution in [-0.4, -0.2) is 49.7 Å². The summed E-state index contributed by atoms with van der Waals surface area (Å²) in [4.78, 5) is 14.0. The molecule has 2 rings (SSSR count). The highest BCUT2D eigenvalue weighted by molar-refractivity contribution is 6.35. The fourth-order valence-electron chi connectivity index (χ4n) is 2.35. The topological polar surface area (TPSA) is 41.6 Å². The Hall–Kier alpha value is -0.810. The lowest BCUT2D eigenvalue weighted by molar-refractivity contribution is -0.124. The van der Waals surface area contributed by atoms with Gasteiger partial charge in [0.25, 0.3) is 0 Å². The Balaban J connectivity index is 1.71. The molecule has 0 saturated carbocycles. The number of hydrogen-bond acceptors (Lipinski definition) is 3. The van der Waals surface area contributed by atoms with E-state index in [9.17, 15) is 4.79 Å². The van der Waals surface area contributed by atoms with Gasteiger partial charge in [-0.25, -0.2) is 0 Å². The quantitative estimate of drug-likeness (QED) is 0.901. The second-order valence-electron chi connectivity index (χ2n) is 5.25. The third kappa shape index (κ3) is 5.47. The summed E-state index contributed by atoms with van der Waals surface area (Å²) >= 11 is 11.9. The van der Waals surface area contributed by atoms with Gasteiger partial charge in [-0.3, -0.25) is 9.69 Å². The zero-order valence-corrected chi connectivity index (χ0v) is 13.6. The van der Waals surface area contributed by atoms with E-state index in [-0.39, 0.29) is 12.0 Å². The van der Waals surface area contributed by atoms with Gasteiger partial charge in [0.15, 0.2) is 0 Å². The molecule has 1 unspecified atom stereocenters. The normalized spacial score (nSPS) is 19.5. The lowest BCUT2D eigenvalue weighted by Crippen LogP contribution is -2.46. The number of carbonyl (C=O) groups excluding carboxylic acids is 1. The maximum atomic E-state index is 11.9. The van der Waals surface area contributed by atoms with Gasteiger partial charge in [0.05, 0.1) is 19.3 Å². The first kappa shape index (κ1) is 16.6. The summed E-state index contributed by atoms with van der Waals surface area (Å²) in [5.41, 5.74) is 0.987. The fraction of sp³-hybridized carbons (Fsp3) is 0.533. The Morgan fingerprint density at radius 3 is 3.00 bits per heavy atom. The summed E-state index contributed by atoms with van der Waals surface area (Å²) in [6.45, 7) is 5.31. The first-order valence-electron chi connectivity index (χ1n) is 7.09. The minimum atomic E-state index is 0.0363. The molecule has 1 saturated heterocycles. The number of ether oxygens (including phenoxy) is 1. The Bertz CT molecular complexity index is 497. The van der Waals surface area contributed by atoms with E-state index in [1.165, 1.54) is 0 Å². The van der Waals surface area contributed by atoms with Crippen LogP contribution in [0.1, 0.15) is 12.5 Å². The molecular formula is C15H20Cl2N2O2. The molecule has 1 heterocycles. The highest BCUT2D eigenvalue weighted by atomic mass is 35.5. The standard InChI is InChI=1S/C15H20Cl2N2O2/c1-11-9-19(6-7-21-11)10-15(20)18-5-4-12-2-3-13(16)8-14(12)17/h2-3,8,11H,4-7,9-10H2,1H3,(H,18,20). The fourth-order valence-corrected chi connectivity index (χ4v) is 2.86. The monoisotopic (exact) mass is 330 g/mol. The van der Waals surface area contributed by atoms with Crippen LogP contribution < -0.4 is 5.32 Å². The summed E-state index contributed by atoms with van der Waals surface area (Å²) in [5, 5.41) is 4.18. The molecule has 116 valence electrons. The van der Waals surface area contributed by atoms with Gasteiger partial charge in [0.1, 0.15) is 0 Å². The maximum Gasteiger partial charge on any atom is 0.234 e. The molecular weight excluding hydrogens is 311 g/mol. The number of amides is 1. The van der Waals surface area contributed by atoms with Crippen molar-refractivity contribution >= 4 is 29.1 Å². The van der Waals surface area contributed by atoms with E-state index < -0.39 is 0 Å². The number of rotatable bonds is 5. The lowest BCUT2D eigenvalue weighted by Gasteiger charge is -2.30. The van der Waals surface area contributed by atoms with Gasteiger partial charge < -0.3 is 10.1 Å². The zero-order valence-electron chi connectivity index (χ0n) is 12.1. The maximum absolute atomic E-state index is 11.9. The van der Waals surface area contributed by atoms with Crippen LogP contribution in [0.2, 0.25) is 10.0 Å². The second kappa shape index (κ2) is 7.99. The average molecular weight is 331 g/mol. The summed E-state index contributed by atoms with van der Waals surface area (Å²) in [7, 11) is 0. The van der Waals surface area contributed by atoms with Gasteiger partial charge in [-0.1, -0.05) is 29.3 Å². The molecule has 4 nitrogen and oxygen atoms in total. The molecule has 0 spiro atoms. The van der Waals surface area contributed by atoms with Gasteiger partial charge >= 0.3 is 0 Å². The summed E-state index contributed by atoms with van der Waals surface area (Å²) in [5.74, 6) is 0.0363. The number of benzene rings is 1. The molecule has 1 N–H and O–H groups in total. The molecule has 1 aliphatic heterocycles. The number of morpholine rings is 1. The summed E-state index contributed by atoms with van der Waals surface area (Å²) < 4.78 is 5.45. The molecule has 0 aliphatic carbocycles. The van der Waals surface area contributed by atoms with Crippen molar-refractivity contribution in [3.05, 3.63) is 33.8 Å². The van der Waals surface area contributed by atoms with Gasteiger partial charge in [-0.2, -0.15) is 0 Å². The molecule has 1 amide bonds. The Kier molecular flexibility index (Phi) is 6.30. The predicted molar refractivity (Wildman–Crippen MR) is 85.0 cm³/mol. The zero-order chi connectivity index (χ0) is 15.2. The predicted octanol–water partition coefficient (Wildman–Crippen LogP) is 2.37. The van der Waals surface area contributed by atoms with Crippen LogP contribution in [0.25, 0.3) is 0 Å². The Morgan fingerprint density at radius 1 is 1.48 bits per heavy atom. The van der Waals surface area contributed by atoms with Crippen molar-refractivity contribution in [1.29, 1.82) is 0 Å². The SMILES string of the molecule is CC1CN(CC(=O)NCCc2ccc(Cl)cc2Cl)CCO1. The van der Waals surface area contributed by atoms with E-state index in [1.807, 2.05) is 13.0 Å². The van der Waals surface area contributed by atoms with Gasteiger partial charge in [0.2, 0.25) is 5.91 Å². The number of nitrogens with zero attached hydrogens (tertiary/aromatic N) is 1. The molecule has 1 atom stereocenters. The number of hydrogen-bond donors (Lipinski definition) is 1. The van der Waals surface area contributed by atoms with Gasteiger partial charge in [0, 0.05) is 29.7 Å². The smallest absolute Gasteiger partial charge is 0.234 e. The molecule has 1 fully saturated rings. The Labute approximate surface area is 135 Å². The van der Waals surface area contributed by atoms with Crippen LogP contribution in [0.5, 0.6) is 0 Å². The first-order valence-corrected chi connectivity index (χ1v) is 7.85. The van der Waals surface area contributed by atoms with Gasteiger partial charge in [-0.05, 0) is 31.0 Å². The van der Waals surface area contributed by atoms with E-state index in [2.05, 4.69) is 10.2 Å². The van der Waals surface area contributed by atoms with Crippen molar-refractivity contribution in [2.75, 3.05) is 32.8 Å². The molecule has 0 bridgehead atoms. The first-order chi connectivity index (χ1) is 10.0. The van der Waals surface area contributed by atoms with Crippen molar-refractivity contribution < 1.29 is 9.53 Å². The number of carbonyl (C=O) groups is 1. The molecule has 1 aromatic carbocycles. The average Bonchev–Trinajstić information content (AvgIpc) is 2.41. The minimum Gasteiger partial charge on any atom is -0.376 e. The van der Waals surface area contributed by atoms with Crippen LogP contribution in [0.4, 0.5) is 0 Å². The molecule has 21 heavy (non-hydrogen) atoms. The van der Waals surface area contributed by atoms with Gasteiger partial charge in [-0.15, -0.1) is 0 Å². The Morgan fingerprint density at radius 2 is 2.29 bits per heavy atom. The number of nitrogens with one attached hydrogen (secondary N) is 1. The van der Waals surface area contributed by atoms with Crippen molar-refractivity contribution in [1.82, 2.24) is 10.2 Å². The van der Waals surface area contributed by atoms with E-state index in [0.717, 1.165) is 18.7 Å². The molecule has 0 aromatic heterocycles. The van der Waals surface area contributed by atoms with E-state index in [4.69, 9.17) is 27.9 Å². The highest BCUT2D eigenvalue weighted by Crippen LogP contribution is 2.21. The van der Waals surface area contributed by atoms with Crippen LogP contribution in [0.3, 0.4) is 0 Å².